The molecule has 7 nitrogen and oxygen atoms in total. The second-order valence-electron chi connectivity index (χ2n) is 3.13. The Morgan fingerprint density at radius 1 is 1.35 bits per heavy atom. The molecule has 0 aliphatic rings. The van der Waals surface area contributed by atoms with E-state index in [4.69, 9.17) is 9.90 Å². The van der Waals surface area contributed by atoms with Crippen molar-refractivity contribution in [2.45, 2.75) is 12.8 Å². The molecule has 10 heteroatoms. The van der Waals surface area contributed by atoms with Crippen LogP contribution in [0.4, 0.5) is 18.9 Å². The maximum Gasteiger partial charge on any atom is 0.490 e. The second-order valence-corrected chi connectivity index (χ2v) is 3.13. The van der Waals surface area contributed by atoms with Gasteiger partial charge in [0, 0.05) is 12.1 Å². The van der Waals surface area contributed by atoms with Crippen LogP contribution in [0, 0.1) is 10.1 Å². The van der Waals surface area contributed by atoms with E-state index >= 15 is 0 Å². The van der Waals surface area contributed by atoms with Gasteiger partial charge < -0.3 is 9.84 Å². The minimum Gasteiger partial charge on any atom is -0.475 e. The molecule has 1 N–H and O–H groups in total. The second kappa shape index (κ2) is 7.71. The van der Waals surface area contributed by atoms with Crippen molar-refractivity contribution in [1.82, 2.24) is 0 Å². The van der Waals surface area contributed by atoms with Crippen molar-refractivity contribution < 1.29 is 37.5 Å². The summed E-state index contributed by atoms with van der Waals surface area (Å²) in [5.41, 5.74) is 0.743. The van der Waals surface area contributed by atoms with Crippen molar-refractivity contribution in [2.24, 2.45) is 0 Å². The fraction of sp³-hybridized carbons (Fsp3) is 0.200. The summed E-state index contributed by atoms with van der Waals surface area (Å²) in [4.78, 5) is 28.5. The number of ether oxygens (including phenoxy) is 1. The molecule has 0 saturated heterocycles. The van der Waals surface area contributed by atoms with Crippen LogP contribution in [-0.2, 0) is 20.9 Å². The summed E-state index contributed by atoms with van der Waals surface area (Å²) in [5, 5.41) is 17.4. The van der Waals surface area contributed by atoms with Gasteiger partial charge in [-0.25, -0.2) is 4.79 Å². The van der Waals surface area contributed by atoms with Gasteiger partial charge in [-0.2, -0.15) is 13.2 Å². The maximum atomic E-state index is 10.6. The highest BCUT2D eigenvalue weighted by Gasteiger charge is 2.38. The molecule has 0 saturated carbocycles. The van der Waals surface area contributed by atoms with Crippen molar-refractivity contribution in [2.75, 3.05) is 0 Å². The fourth-order valence-electron chi connectivity index (χ4n) is 0.844. The fourth-order valence-corrected chi connectivity index (χ4v) is 0.844. The first-order valence-corrected chi connectivity index (χ1v) is 4.77. The highest BCUT2D eigenvalue weighted by molar-refractivity contribution is 5.73. The van der Waals surface area contributed by atoms with Gasteiger partial charge in [-0.05, 0) is 17.7 Å². The number of benzene rings is 1. The van der Waals surface area contributed by atoms with Gasteiger partial charge in [-0.1, -0.05) is 0 Å². The number of nitro groups is 1. The van der Waals surface area contributed by atoms with Crippen LogP contribution in [0.2, 0.25) is 0 Å². The number of rotatable bonds is 4. The van der Waals surface area contributed by atoms with E-state index < -0.39 is 17.1 Å². The molecule has 1 aromatic rings. The monoisotopic (exact) mass is 295 g/mol. The van der Waals surface area contributed by atoms with E-state index in [9.17, 15) is 28.1 Å². The maximum absolute atomic E-state index is 10.6. The Morgan fingerprint density at radius 2 is 1.80 bits per heavy atom. The number of alkyl halides is 3. The lowest BCUT2D eigenvalue weighted by molar-refractivity contribution is -0.384. The number of hydrogen-bond donors (Lipinski definition) is 1. The molecule has 0 aliphatic heterocycles. The molecular weight excluding hydrogens is 287 g/mol. The summed E-state index contributed by atoms with van der Waals surface area (Å²) in [6.07, 6.45) is -5.08. The highest BCUT2D eigenvalue weighted by Crippen LogP contribution is 2.13. The van der Waals surface area contributed by atoms with Crippen molar-refractivity contribution >= 4 is 18.1 Å². The number of non-ortho nitro benzene ring substituents is 1. The number of aliphatic carboxylic acids is 1. The standard InChI is InChI=1S/C8H7NO4.C2HF3O2/c10-6-13-5-7-1-3-8(4-2-7)9(11)12;3-2(4,5)1(6)7/h1-4,6H,5H2;(H,6,7). The number of nitrogens with zero attached hydrogens (tertiary/aromatic N) is 1. The zero-order valence-corrected chi connectivity index (χ0v) is 9.66. The van der Waals surface area contributed by atoms with Gasteiger partial charge in [-0.3, -0.25) is 14.9 Å². The predicted octanol–water partition coefficient (Wildman–Crippen LogP) is 1.90. The van der Waals surface area contributed by atoms with E-state index in [2.05, 4.69) is 4.74 Å². The number of carboxylic acid groups (broad SMARTS) is 1. The molecule has 0 unspecified atom stereocenters. The normalized spacial score (nSPS) is 9.95. The third kappa shape index (κ3) is 6.93. The predicted molar refractivity (Wildman–Crippen MR) is 57.6 cm³/mol. The van der Waals surface area contributed by atoms with Gasteiger partial charge in [0.25, 0.3) is 12.2 Å². The molecule has 0 amide bonds. The van der Waals surface area contributed by atoms with Crippen molar-refractivity contribution in [3.63, 3.8) is 0 Å². The van der Waals surface area contributed by atoms with Crippen molar-refractivity contribution in [1.29, 1.82) is 0 Å². The summed E-state index contributed by atoms with van der Waals surface area (Å²) in [5.74, 6) is -2.76. The molecule has 0 aliphatic carbocycles. The number of halogens is 3. The summed E-state index contributed by atoms with van der Waals surface area (Å²) in [7, 11) is 0. The number of carbonyl (C=O) groups excluding carboxylic acids is 1. The number of nitro benzene ring substituents is 1. The van der Waals surface area contributed by atoms with Crippen LogP contribution < -0.4 is 0 Å². The minimum atomic E-state index is -5.08. The number of hydrogen-bond acceptors (Lipinski definition) is 5. The van der Waals surface area contributed by atoms with Crippen LogP contribution in [-0.4, -0.2) is 28.6 Å². The van der Waals surface area contributed by atoms with Crippen molar-refractivity contribution in [3.8, 4) is 0 Å². The molecule has 0 atom stereocenters. The lowest BCUT2D eigenvalue weighted by atomic mass is 10.2. The topological polar surface area (TPSA) is 107 Å². The highest BCUT2D eigenvalue weighted by atomic mass is 19.4. The van der Waals surface area contributed by atoms with Crippen LogP contribution >= 0.6 is 0 Å². The van der Waals surface area contributed by atoms with Gasteiger partial charge in [0.1, 0.15) is 6.61 Å². The third-order valence-corrected chi connectivity index (χ3v) is 1.71. The lowest BCUT2D eigenvalue weighted by Crippen LogP contribution is -2.21. The van der Waals surface area contributed by atoms with Gasteiger partial charge in [0.05, 0.1) is 4.92 Å². The molecular formula is C10H8F3NO6. The molecule has 1 aromatic carbocycles. The molecule has 1 rings (SSSR count). The van der Waals surface area contributed by atoms with Gasteiger partial charge >= 0.3 is 12.1 Å². The van der Waals surface area contributed by atoms with Crippen LogP contribution in [0.25, 0.3) is 0 Å². The van der Waals surface area contributed by atoms with Crippen LogP contribution in [0.5, 0.6) is 0 Å². The molecule has 0 radical (unpaired) electrons. The SMILES string of the molecule is O=C(O)C(F)(F)F.O=COCc1ccc([N+](=O)[O-])cc1. The first-order valence-electron chi connectivity index (χ1n) is 4.77. The molecule has 0 aromatic heterocycles. The minimum absolute atomic E-state index is 0.0230. The Bertz CT molecular complexity index is 471. The van der Waals surface area contributed by atoms with E-state index in [0.717, 1.165) is 5.56 Å². The van der Waals surface area contributed by atoms with Crippen LogP contribution in [0.15, 0.2) is 24.3 Å². The Balaban J connectivity index is 0.000000441. The molecule has 110 valence electrons. The van der Waals surface area contributed by atoms with E-state index in [1.807, 2.05) is 0 Å². The first-order chi connectivity index (χ1) is 9.18. The quantitative estimate of drug-likeness (QED) is 0.516. The summed E-state index contributed by atoms with van der Waals surface area (Å²) in [6.45, 7) is 0.475. The average Bonchev–Trinajstić information content (AvgIpc) is 2.36. The summed E-state index contributed by atoms with van der Waals surface area (Å²) < 4.78 is 36.2. The van der Waals surface area contributed by atoms with Gasteiger partial charge in [0.15, 0.2) is 0 Å². The molecule has 0 bridgehead atoms. The molecule has 0 heterocycles. The van der Waals surface area contributed by atoms with Crippen LogP contribution in [0.1, 0.15) is 5.56 Å². The average molecular weight is 295 g/mol. The Morgan fingerprint density at radius 3 is 2.10 bits per heavy atom. The number of carbonyl (C=O) groups is 2. The third-order valence-electron chi connectivity index (χ3n) is 1.71. The largest absolute Gasteiger partial charge is 0.490 e. The molecule has 0 spiro atoms. The zero-order chi connectivity index (χ0) is 15.8. The van der Waals surface area contributed by atoms with E-state index in [-0.39, 0.29) is 12.3 Å². The van der Waals surface area contributed by atoms with Crippen LogP contribution in [0.3, 0.4) is 0 Å². The number of carboxylic acids is 1. The zero-order valence-electron chi connectivity index (χ0n) is 9.66. The Hall–Kier alpha value is -2.65. The van der Waals surface area contributed by atoms with E-state index in [0.29, 0.717) is 6.47 Å². The lowest BCUT2D eigenvalue weighted by Gasteiger charge is -1.97. The van der Waals surface area contributed by atoms with Gasteiger partial charge in [-0.15, -0.1) is 0 Å². The summed E-state index contributed by atoms with van der Waals surface area (Å²) in [6, 6.07) is 5.82. The van der Waals surface area contributed by atoms with Gasteiger partial charge in [0.2, 0.25) is 0 Å². The van der Waals surface area contributed by atoms with Crippen molar-refractivity contribution in [3.05, 3.63) is 39.9 Å². The molecule has 20 heavy (non-hydrogen) atoms. The Kier molecular flexibility index (Phi) is 6.69. The Labute approximate surface area is 109 Å². The van der Waals surface area contributed by atoms with E-state index in [1.54, 1.807) is 12.1 Å². The summed E-state index contributed by atoms with van der Waals surface area (Å²) >= 11 is 0. The van der Waals surface area contributed by atoms with E-state index in [1.165, 1.54) is 12.1 Å². The smallest absolute Gasteiger partial charge is 0.475 e. The molecule has 0 fully saturated rings. The first kappa shape index (κ1) is 17.4.